The van der Waals surface area contributed by atoms with Crippen LogP contribution in [0.1, 0.15) is 0 Å². The van der Waals surface area contributed by atoms with Crippen LogP contribution in [0.15, 0.2) is 158 Å². The third-order valence-corrected chi connectivity index (χ3v) is 8.53. The molecule has 0 saturated heterocycles. The van der Waals surface area contributed by atoms with Crippen LogP contribution in [0.4, 0.5) is 0 Å². The van der Waals surface area contributed by atoms with Gasteiger partial charge in [-0.2, -0.15) is 18.2 Å². The van der Waals surface area contributed by atoms with Crippen molar-refractivity contribution in [1.82, 2.24) is 19.9 Å². The van der Waals surface area contributed by atoms with Gasteiger partial charge in [0.25, 0.3) is 0 Å². The van der Waals surface area contributed by atoms with E-state index in [1.54, 1.807) is 33.7 Å². The SMILES string of the molecule is COc1[c-]cccc1.COc1ccccc1-c1ccc2ccc3ccc(-c4ccccc4OC)nc3c2n1.[Li+].c1cnc2c(c1)ccc1cccnc12. The van der Waals surface area contributed by atoms with Gasteiger partial charge >= 0.3 is 18.9 Å². The van der Waals surface area contributed by atoms with E-state index in [1.165, 1.54) is 0 Å². The Bertz CT molecular complexity index is 2460. The van der Waals surface area contributed by atoms with E-state index in [4.69, 9.17) is 24.2 Å². The van der Waals surface area contributed by atoms with Gasteiger partial charge in [-0.1, -0.05) is 72.8 Å². The second kappa shape index (κ2) is 17.3. The van der Waals surface area contributed by atoms with Gasteiger partial charge in [0.05, 0.1) is 54.8 Å². The summed E-state index contributed by atoms with van der Waals surface area (Å²) in [6, 6.07) is 50.7. The number of hydrogen-bond acceptors (Lipinski definition) is 7. The molecule has 8 heteroatoms. The molecule has 0 atom stereocenters. The minimum absolute atomic E-state index is 0. The first-order valence-corrected chi connectivity index (χ1v) is 16.7. The maximum atomic E-state index is 5.53. The Balaban J connectivity index is 0.000000171. The second-order valence-electron chi connectivity index (χ2n) is 11.6. The van der Waals surface area contributed by atoms with Crippen LogP contribution >= 0.6 is 0 Å². The van der Waals surface area contributed by atoms with Crippen LogP contribution in [0, 0.1) is 6.07 Å². The number of rotatable bonds is 5. The van der Waals surface area contributed by atoms with E-state index in [0.29, 0.717) is 0 Å². The Morgan fingerprint density at radius 2 is 0.849 bits per heavy atom. The normalized spacial score (nSPS) is 10.4. The van der Waals surface area contributed by atoms with Gasteiger partial charge in [-0.05, 0) is 48.5 Å². The van der Waals surface area contributed by atoms with Crippen molar-refractivity contribution >= 4 is 43.6 Å². The summed E-state index contributed by atoms with van der Waals surface area (Å²) < 4.78 is 15.9. The number of fused-ring (bicyclic) bond motifs is 6. The molecule has 53 heavy (non-hydrogen) atoms. The van der Waals surface area contributed by atoms with Crippen LogP contribution in [0.25, 0.3) is 66.1 Å². The van der Waals surface area contributed by atoms with Crippen LogP contribution in [-0.2, 0) is 0 Å². The van der Waals surface area contributed by atoms with Crippen LogP contribution in [-0.4, -0.2) is 41.3 Å². The molecule has 0 unspecified atom stereocenters. The number of para-hydroxylation sites is 3. The zero-order valence-corrected chi connectivity index (χ0v) is 30.0. The van der Waals surface area contributed by atoms with Crippen molar-refractivity contribution in [3.8, 4) is 39.8 Å². The fourth-order valence-electron chi connectivity index (χ4n) is 5.96. The summed E-state index contributed by atoms with van der Waals surface area (Å²) in [7, 11) is 4.98. The quantitative estimate of drug-likeness (QED) is 0.106. The zero-order valence-electron chi connectivity index (χ0n) is 30.0. The fourth-order valence-corrected chi connectivity index (χ4v) is 5.96. The first kappa shape index (κ1) is 36.5. The van der Waals surface area contributed by atoms with Gasteiger partial charge in [0.2, 0.25) is 0 Å². The number of aromatic nitrogens is 4. The zero-order chi connectivity index (χ0) is 35.7. The van der Waals surface area contributed by atoms with E-state index in [2.05, 4.69) is 64.6 Å². The van der Waals surface area contributed by atoms with Crippen molar-refractivity contribution in [3.05, 3.63) is 164 Å². The van der Waals surface area contributed by atoms with E-state index >= 15 is 0 Å². The number of ether oxygens (including phenoxy) is 3. The number of hydrogen-bond donors (Lipinski definition) is 0. The molecule has 7 nitrogen and oxygen atoms in total. The minimum atomic E-state index is 0. The smallest absolute Gasteiger partial charge is 0.523 e. The topological polar surface area (TPSA) is 79.2 Å². The summed E-state index contributed by atoms with van der Waals surface area (Å²) in [5.74, 6) is 2.38. The third kappa shape index (κ3) is 8.13. The molecular formula is C45H35LiN4O3. The molecule has 9 rings (SSSR count). The van der Waals surface area contributed by atoms with Crippen molar-refractivity contribution in [3.63, 3.8) is 0 Å². The van der Waals surface area contributed by atoms with E-state index in [9.17, 15) is 0 Å². The summed E-state index contributed by atoms with van der Waals surface area (Å²) in [5.41, 5.74) is 7.32. The molecule has 0 bridgehead atoms. The molecule has 0 fully saturated rings. The van der Waals surface area contributed by atoms with E-state index in [-0.39, 0.29) is 18.9 Å². The Hall–Kier alpha value is -6.26. The third-order valence-electron chi connectivity index (χ3n) is 8.53. The Morgan fingerprint density at radius 3 is 1.26 bits per heavy atom. The molecule has 0 amide bonds. The van der Waals surface area contributed by atoms with Crippen molar-refractivity contribution in [2.45, 2.75) is 0 Å². The molecule has 5 aromatic carbocycles. The van der Waals surface area contributed by atoms with Crippen LogP contribution in [0.2, 0.25) is 0 Å². The molecule has 0 saturated carbocycles. The molecule has 254 valence electrons. The number of methoxy groups -OCH3 is 3. The van der Waals surface area contributed by atoms with E-state index in [0.717, 1.165) is 83.4 Å². The van der Waals surface area contributed by atoms with E-state index in [1.807, 2.05) is 97.1 Å². The van der Waals surface area contributed by atoms with Gasteiger partial charge in [-0.3, -0.25) is 9.97 Å². The minimum Gasteiger partial charge on any atom is -0.523 e. The van der Waals surface area contributed by atoms with Crippen molar-refractivity contribution in [1.29, 1.82) is 0 Å². The van der Waals surface area contributed by atoms with Gasteiger partial charge in [-0.25, -0.2) is 9.97 Å². The summed E-state index contributed by atoms with van der Waals surface area (Å²) >= 11 is 0. The molecule has 0 radical (unpaired) electrons. The van der Waals surface area contributed by atoms with Crippen LogP contribution in [0.5, 0.6) is 17.2 Å². The predicted molar refractivity (Wildman–Crippen MR) is 210 cm³/mol. The number of pyridine rings is 4. The van der Waals surface area contributed by atoms with Gasteiger partial charge in [-0.15, -0.1) is 12.1 Å². The largest absolute Gasteiger partial charge is 1.00 e. The molecular weight excluding hydrogens is 651 g/mol. The summed E-state index contributed by atoms with van der Waals surface area (Å²) in [6.07, 6.45) is 3.60. The van der Waals surface area contributed by atoms with Gasteiger partial charge < -0.3 is 14.2 Å². The van der Waals surface area contributed by atoms with Gasteiger partial charge in [0.15, 0.2) is 0 Å². The molecule has 4 aromatic heterocycles. The van der Waals surface area contributed by atoms with Crippen molar-refractivity contribution in [2.24, 2.45) is 0 Å². The fraction of sp³-hybridized carbons (Fsp3) is 0.0667. The standard InChI is InChI=1S/C26H20N2O2.C12H8N2.C7H7O.Li/c1-29-23-9-5-3-7-19(23)21-15-13-17-11-12-18-14-16-22(28-26(18)25(17)27-21)20-8-4-6-10-24(20)30-2;1-3-9-5-6-10-4-2-8-14-12(10)11(9)13-7-1;1-8-7-5-3-2-4-6-7;/h3-16H,1-2H3;1-8H;2-5H,1H3;/q;;-1;+1. The first-order chi connectivity index (χ1) is 25.7. The average Bonchev–Trinajstić information content (AvgIpc) is 3.24. The molecule has 4 heterocycles. The van der Waals surface area contributed by atoms with Crippen LogP contribution < -0.4 is 33.1 Å². The molecule has 0 spiro atoms. The van der Waals surface area contributed by atoms with Crippen LogP contribution in [0.3, 0.4) is 0 Å². The average molecular weight is 687 g/mol. The van der Waals surface area contributed by atoms with E-state index < -0.39 is 0 Å². The monoisotopic (exact) mass is 686 g/mol. The Morgan fingerprint density at radius 1 is 0.415 bits per heavy atom. The second-order valence-corrected chi connectivity index (χ2v) is 11.6. The summed E-state index contributed by atoms with van der Waals surface area (Å²) in [5, 5.41) is 4.37. The Labute approximate surface area is 320 Å². The maximum Gasteiger partial charge on any atom is 1.00 e. The van der Waals surface area contributed by atoms with Gasteiger partial charge in [0, 0.05) is 50.8 Å². The first-order valence-electron chi connectivity index (χ1n) is 16.7. The molecule has 0 aliphatic rings. The van der Waals surface area contributed by atoms with Crippen molar-refractivity contribution < 1.29 is 33.1 Å². The Kier molecular flexibility index (Phi) is 11.9. The number of nitrogens with zero attached hydrogens (tertiary/aromatic N) is 4. The molecule has 0 aliphatic heterocycles. The summed E-state index contributed by atoms with van der Waals surface area (Å²) in [6.45, 7) is 0. The van der Waals surface area contributed by atoms with Crippen molar-refractivity contribution in [2.75, 3.05) is 21.3 Å². The summed E-state index contributed by atoms with van der Waals surface area (Å²) in [4.78, 5) is 18.7. The molecule has 0 aliphatic carbocycles. The predicted octanol–water partition coefficient (Wildman–Crippen LogP) is 7.42. The molecule has 9 aromatic rings. The van der Waals surface area contributed by atoms with Gasteiger partial charge in [0.1, 0.15) is 11.5 Å². The number of benzene rings is 5. The molecule has 0 N–H and O–H groups in total. The maximum absolute atomic E-state index is 5.53.